The molecule has 108 valence electrons. The predicted octanol–water partition coefficient (Wildman–Crippen LogP) is 2.42. The normalized spacial score (nSPS) is 13.7. The van der Waals surface area contributed by atoms with Crippen LogP contribution in [-0.2, 0) is 16.3 Å². The minimum atomic E-state index is -2.92. The van der Waals surface area contributed by atoms with Gasteiger partial charge in [0, 0.05) is 12.6 Å². The molecule has 19 heavy (non-hydrogen) atoms. The van der Waals surface area contributed by atoms with Crippen molar-refractivity contribution in [3.05, 3.63) is 35.9 Å². The molecule has 0 amide bonds. The summed E-state index contributed by atoms with van der Waals surface area (Å²) in [6.45, 7) is 6.10. The Kier molecular flexibility index (Phi) is 6.52. The van der Waals surface area contributed by atoms with E-state index in [1.807, 2.05) is 18.2 Å². The number of aryl methyl sites for hydroxylation is 1. The summed E-state index contributed by atoms with van der Waals surface area (Å²) in [5.74, 6) is 0.223. The fourth-order valence-electron chi connectivity index (χ4n) is 1.81. The zero-order valence-electron chi connectivity index (χ0n) is 12.1. The van der Waals surface area contributed by atoms with E-state index in [-0.39, 0.29) is 11.0 Å². The van der Waals surface area contributed by atoms with Gasteiger partial charge >= 0.3 is 0 Å². The zero-order chi connectivity index (χ0) is 14.3. The molecule has 0 aliphatic carbocycles. The molecular formula is C15H25NO2S. The van der Waals surface area contributed by atoms with Crippen LogP contribution in [0.25, 0.3) is 0 Å². The van der Waals surface area contributed by atoms with Gasteiger partial charge in [0.2, 0.25) is 0 Å². The molecule has 0 heterocycles. The van der Waals surface area contributed by atoms with E-state index in [2.05, 4.69) is 24.4 Å². The first-order valence-corrected chi connectivity index (χ1v) is 8.62. The molecule has 1 N–H and O–H groups in total. The summed E-state index contributed by atoms with van der Waals surface area (Å²) in [6.07, 6.45) is 2.04. The van der Waals surface area contributed by atoms with E-state index in [4.69, 9.17) is 0 Å². The van der Waals surface area contributed by atoms with Crippen molar-refractivity contribution in [1.29, 1.82) is 0 Å². The maximum atomic E-state index is 11.7. The van der Waals surface area contributed by atoms with E-state index in [1.165, 1.54) is 5.56 Å². The fraction of sp³-hybridized carbons (Fsp3) is 0.600. The predicted molar refractivity (Wildman–Crippen MR) is 81.2 cm³/mol. The summed E-state index contributed by atoms with van der Waals surface area (Å²) in [5, 5.41) is 3.00. The average Bonchev–Trinajstić information content (AvgIpc) is 2.37. The zero-order valence-corrected chi connectivity index (χ0v) is 12.9. The monoisotopic (exact) mass is 283 g/mol. The molecule has 0 aliphatic rings. The average molecular weight is 283 g/mol. The van der Waals surface area contributed by atoms with Crippen molar-refractivity contribution in [3.8, 4) is 0 Å². The first-order chi connectivity index (χ1) is 8.92. The number of hydrogen-bond acceptors (Lipinski definition) is 3. The van der Waals surface area contributed by atoms with E-state index >= 15 is 0 Å². The Morgan fingerprint density at radius 2 is 1.74 bits per heavy atom. The fourth-order valence-corrected chi connectivity index (χ4v) is 2.69. The standard InChI is InChI=1S/C15H25NO2S/c1-13(2)19(17,18)12-11-16-14(3)9-10-15-7-5-4-6-8-15/h4-8,13-14,16H,9-12H2,1-3H3. The molecule has 0 aromatic heterocycles. The first kappa shape index (κ1) is 16.2. The molecule has 0 bridgehead atoms. The summed E-state index contributed by atoms with van der Waals surface area (Å²) < 4.78 is 23.3. The molecule has 0 radical (unpaired) electrons. The van der Waals surface area contributed by atoms with E-state index in [1.54, 1.807) is 13.8 Å². The summed E-state index contributed by atoms with van der Waals surface area (Å²) in [5.41, 5.74) is 1.32. The summed E-state index contributed by atoms with van der Waals surface area (Å²) in [4.78, 5) is 0. The van der Waals surface area contributed by atoms with Crippen molar-refractivity contribution in [2.75, 3.05) is 12.3 Å². The lowest BCUT2D eigenvalue weighted by atomic mass is 10.1. The van der Waals surface area contributed by atoms with Crippen LogP contribution in [0.4, 0.5) is 0 Å². The highest BCUT2D eigenvalue weighted by Crippen LogP contribution is 2.05. The highest BCUT2D eigenvalue weighted by Gasteiger charge is 2.15. The van der Waals surface area contributed by atoms with E-state index < -0.39 is 9.84 Å². The third-order valence-electron chi connectivity index (χ3n) is 3.31. The van der Waals surface area contributed by atoms with Crippen molar-refractivity contribution in [1.82, 2.24) is 5.32 Å². The SMILES string of the molecule is CC(CCc1ccccc1)NCCS(=O)(=O)C(C)C. The van der Waals surface area contributed by atoms with Gasteiger partial charge in [-0.25, -0.2) is 8.42 Å². The molecule has 0 saturated carbocycles. The molecule has 0 aliphatic heterocycles. The summed E-state index contributed by atoms with van der Waals surface area (Å²) in [6, 6.07) is 10.7. The minimum Gasteiger partial charge on any atom is -0.313 e. The second kappa shape index (κ2) is 7.65. The van der Waals surface area contributed by atoms with Gasteiger partial charge in [-0.05, 0) is 39.2 Å². The van der Waals surface area contributed by atoms with Crippen LogP contribution in [0.1, 0.15) is 32.8 Å². The Morgan fingerprint density at radius 1 is 1.11 bits per heavy atom. The number of hydrogen-bond donors (Lipinski definition) is 1. The van der Waals surface area contributed by atoms with Gasteiger partial charge in [-0.1, -0.05) is 30.3 Å². The molecule has 0 fully saturated rings. The van der Waals surface area contributed by atoms with Crippen LogP contribution in [0.5, 0.6) is 0 Å². The van der Waals surface area contributed by atoms with Crippen molar-refractivity contribution >= 4 is 9.84 Å². The highest BCUT2D eigenvalue weighted by atomic mass is 32.2. The maximum Gasteiger partial charge on any atom is 0.153 e. The Balaban J connectivity index is 2.24. The molecule has 1 aromatic carbocycles. The Hall–Kier alpha value is -0.870. The second-order valence-corrected chi connectivity index (χ2v) is 7.97. The van der Waals surface area contributed by atoms with Crippen molar-refractivity contribution in [2.45, 2.75) is 44.9 Å². The van der Waals surface area contributed by atoms with E-state index in [0.29, 0.717) is 12.6 Å². The van der Waals surface area contributed by atoms with E-state index in [9.17, 15) is 8.42 Å². The highest BCUT2D eigenvalue weighted by molar-refractivity contribution is 7.92. The van der Waals surface area contributed by atoms with Crippen LogP contribution in [0, 0.1) is 0 Å². The van der Waals surface area contributed by atoms with Crippen LogP contribution in [0.15, 0.2) is 30.3 Å². The number of nitrogens with one attached hydrogen (secondary N) is 1. The van der Waals surface area contributed by atoms with Crippen LogP contribution >= 0.6 is 0 Å². The molecule has 3 nitrogen and oxygen atoms in total. The van der Waals surface area contributed by atoms with Crippen molar-refractivity contribution < 1.29 is 8.42 Å². The summed E-state index contributed by atoms with van der Waals surface area (Å²) >= 11 is 0. The molecule has 1 rings (SSSR count). The molecule has 0 saturated heterocycles. The number of sulfone groups is 1. The Labute approximate surface area is 117 Å². The van der Waals surface area contributed by atoms with Crippen molar-refractivity contribution in [3.63, 3.8) is 0 Å². The lowest BCUT2D eigenvalue weighted by Gasteiger charge is -2.14. The molecule has 1 aromatic rings. The van der Waals surface area contributed by atoms with Crippen molar-refractivity contribution in [2.24, 2.45) is 0 Å². The quantitative estimate of drug-likeness (QED) is 0.797. The molecule has 4 heteroatoms. The Bertz CT molecular complexity index is 454. The topological polar surface area (TPSA) is 46.2 Å². The Morgan fingerprint density at radius 3 is 2.32 bits per heavy atom. The van der Waals surface area contributed by atoms with Gasteiger partial charge in [0.1, 0.15) is 0 Å². The third kappa shape index (κ3) is 6.21. The smallest absolute Gasteiger partial charge is 0.153 e. The lowest BCUT2D eigenvalue weighted by molar-refractivity contribution is 0.524. The molecule has 0 spiro atoms. The van der Waals surface area contributed by atoms with Gasteiger partial charge in [0.15, 0.2) is 9.84 Å². The lowest BCUT2D eigenvalue weighted by Crippen LogP contribution is -2.33. The third-order valence-corrected chi connectivity index (χ3v) is 5.52. The molecule has 1 unspecified atom stereocenters. The van der Waals surface area contributed by atoms with E-state index in [0.717, 1.165) is 12.8 Å². The number of benzene rings is 1. The van der Waals surface area contributed by atoms with Gasteiger partial charge in [-0.15, -0.1) is 0 Å². The van der Waals surface area contributed by atoms with Gasteiger partial charge in [-0.2, -0.15) is 0 Å². The van der Waals surface area contributed by atoms with Gasteiger partial charge in [0.05, 0.1) is 11.0 Å². The van der Waals surface area contributed by atoms with Gasteiger partial charge in [-0.3, -0.25) is 0 Å². The minimum absolute atomic E-state index is 0.223. The largest absolute Gasteiger partial charge is 0.313 e. The molecular weight excluding hydrogens is 258 g/mol. The van der Waals surface area contributed by atoms with Crippen LogP contribution in [0.2, 0.25) is 0 Å². The second-order valence-electron chi connectivity index (χ2n) is 5.30. The van der Waals surface area contributed by atoms with Gasteiger partial charge in [0.25, 0.3) is 0 Å². The van der Waals surface area contributed by atoms with Crippen LogP contribution < -0.4 is 5.32 Å². The maximum absolute atomic E-state index is 11.7. The summed E-state index contributed by atoms with van der Waals surface area (Å²) in [7, 11) is -2.92. The molecule has 1 atom stereocenters. The van der Waals surface area contributed by atoms with Crippen LogP contribution in [-0.4, -0.2) is 32.0 Å². The number of rotatable bonds is 8. The first-order valence-electron chi connectivity index (χ1n) is 6.90. The van der Waals surface area contributed by atoms with Gasteiger partial charge < -0.3 is 5.32 Å². The van der Waals surface area contributed by atoms with Crippen LogP contribution in [0.3, 0.4) is 0 Å².